The lowest BCUT2D eigenvalue weighted by atomic mass is 10.1. The van der Waals surface area contributed by atoms with Gasteiger partial charge in [0.15, 0.2) is 0 Å². The fraction of sp³-hybridized carbons (Fsp3) is 0.208. The number of carbonyl (C=O) groups is 1. The van der Waals surface area contributed by atoms with E-state index in [1.807, 2.05) is 31.2 Å². The van der Waals surface area contributed by atoms with Gasteiger partial charge in [-0.05, 0) is 48.9 Å². The number of methoxy groups -OCH3 is 1. The van der Waals surface area contributed by atoms with Gasteiger partial charge in [0.25, 0.3) is 5.91 Å². The Bertz CT molecular complexity index is 1230. The molecule has 0 saturated carbocycles. The maximum atomic E-state index is 12.7. The number of carbonyl (C=O) groups excluding carboxylic acids is 1. The Morgan fingerprint density at radius 2 is 1.64 bits per heavy atom. The van der Waals surface area contributed by atoms with Gasteiger partial charge in [-0.15, -0.1) is 0 Å². The molecule has 3 rings (SSSR count). The summed E-state index contributed by atoms with van der Waals surface area (Å²) >= 11 is 12.1. The molecule has 0 spiro atoms. The predicted molar refractivity (Wildman–Crippen MR) is 133 cm³/mol. The highest BCUT2D eigenvalue weighted by Crippen LogP contribution is 2.28. The van der Waals surface area contributed by atoms with Crippen LogP contribution in [0.3, 0.4) is 0 Å². The van der Waals surface area contributed by atoms with Crippen molar-refractivity contribution in [1.29, 1.82) is 0 Å². The molecule has 33 heavy (non-hydrogen) atoms. The summed E-state index contributed by atoms with van der Waals surface area (Å²) in [5.41, 5.74) is 2.39. The van der Waals surface area contributed by atoms with Gasteiger partial charge in [-0.2, -0.15) is 0 Å². The largest absolute Gasteiger partial charge is 0.496 e. The maximum absolute atomic E-state index is 12.7. The van der Waals surface area contributed by atoms with Gasteiger partial charge in [0.2, 0.25) is 10.0 Å². The highest BCUT2D eigenvalue weighted by Gasteiger charge is 2.20. The molecule has 1 N–H and O–H groups in total. The minimum atomic E-state index is -3.60. The number of ether oxygens (including phenoxy) is 1. The van der Waals surface area contributed by atoms with Crippen molar-refractivity contribution in [3.8, 4) is 5.75 Å². The lowest BCUT2D eigenvalue weighted by molar-refractivity contribution is 0.0939. The van der Waals surface area contributed by atoms with Crippen molar-refractivity contribution in [3.05, 3.63) is 93.5 Å². The molecule has 3 aromatic carbocycles. The van der Waals surface area contributed by atoms with E-state index in [0.717, 1.165) is 11.8 Å². The number of hydrogen-bond acceptors (Lipinski definition) is 4. The number of hydrogen-bond donors (Lipinski definition) is 1. The third-order valence-electron chi connectivity index (χ3n) is 5.03. The fourth-order valence-electron chi connectivity index (χ4n) is 3.39. The molecule has 0 aliphatic carbocycles. The summed E-state index contributed by atoms with van der Waals surface area (Å²) in [5, 5.41) is 3.63. The molecule has 6 nitrogen and oxygen atoms in total. The molecule has 0 bridgehead atoms. The topological polar surface area (TPSA) is 75.7 Å². The Kier molecular flexibility index (Phi) is 7.89. The van der Waals surface area contributed by atoms with Gasteiger partial charge in [-0.3, -0.25) is 9.10 Å². The Balaban J connectivity index is 1.76. The van der Waals surface area contributed by atoms with Crippen LogP contribution in [0.15, 0.2) is 66.7 Å². The first-order valence-corrected chi connectivity index (χ1v) is 12.7. The molecule has 3 aromatic rings. The van der Waals surface area contributed by atoms with Gasteiger partial charge in [0, 0.05) is 21.2 Å². The summed E-state index contributed by atoms with van der Waals surface area (Å²) in [5.74, 6) is 0.448. The van der Waals surface area contributed by atoms with Gasteiger partial charge in [0.05, 0.1) is 31.6 Å². The third-order valence-corrected chi connectivity index (χ3v) is 6.61. The summed E-state index contributed by atoms with van der Waals surface area (Å²) in [6.45, 7) is 1.94. The Morgan fingerprint density at radius 1 is 1.03 bits per heavy atom. The first-order valence-electron chi connectivity index (χ1n) is 10.0. The Labute approximate surface area is 204 Å². The Hall–Kier alpha value is -2.74. The van der Waals surface area contributed by atoms with E-state index in [-0.39, 0.29) is 18.5 Å². The molecule has 0 radical (unpaired) electrons. The number of rotatable bonds is 8. The van der Waals surface area contributed by atoms with Crippen LogP contribution in [0, 0.1) is 0 Å². The van der Waals surface area contributed by atoms with Crippen LogP contribution in [-0.4, -0.2) is 27.7 Å². The van der Waals surface area contributed by atoms with Crippen molar-refractivity contribution in [1.82, 2.24) is 5.32 Å². The number of para-hydroxylation sites is 1. The second kappa shape index (κ2) is 10.5. The van der Waals surface area contributed by atoms with Crippen LogP contribution in [-0.2, 0) is 16.6 Å². The van der Waals surface area contributed by atoms with E-state index in [1.54, 1.807) is 31.4 Å². The second-order valence-electron chi connectivity index (χ2n) is 7.53. The number of sulfonamides is 1. The summed E-state index contributed by atoms with van der Waals surface area (Å²) < 4.78 is 31.4. The molecule has 0 saturated heterocycles. The monoisotopic (exact) mass is 506 g/mol. The molecule has 0 aliphatic heterocycles. The van der Waals surface area contributed by atoms with Crippen LogP contribution in [0.5, 0.6) is 5.75 Å². The minimum Gasteiger partial charge on any atom is -0.496 e. The summed E-state index contributed by atoms with van der Waals surface area (Å²) in [7, 11) is -2.02. The number of nitrogens with one attached hydrogen (secondary N) is 1. The zero-order valence-electron chi connectivity index (χ0n) is 18.4. The molecule has 1 amide bonds. The minimum absolute atomic E-state index is 0.0645. The van der Waals surface area contributed by atoms with E-state index < -0.39 is 10.0 Å². The van der Waals surface area contributed by atoms with Gasteiger partial charge < -0.3 is 10.1 Å². The van der Waals surface area contributed by atoms with Gasteiger partial charge >= 0.3 is 0 Å². The van der Waals surface area contributed by atoms with Crippen LogP contribution >= 0.6 is 23.2 Å². The summed E-state index contributed by atoms with van der Waals surface area (Å²) in [4.78, 5) is 12.7. The lowest BCUT2D eigenvalue weighted by Gasteiger charge is -2.23. The smallest absolute Gasteiger partial charge is 0.251 e. The summed E-state index contributed by atoms with van der Waals surface area (Å²) in [6, 6.07) is 18.6. The van der Waals surface area contributed by atoms with E-state index in [4.69, 9.17) is 27.9 Å². The number of anilines is 1. The fourth-order valence-corrected chi connectivity index (χ4v) is 4.78. The molecular weight excluding hydrogens is 483 g/mol. The van der Waals surface area contributed by atoms with Crippen molar-refractivity contribution in [3.63, 3.8) is 0 Å². The normalized spacial score (nSPS) is 12.2. The van der Waals surface area contributed by atoms with E-state index in [9.17, 15) is 13.2 Å². The van der Waals surface area contributed by atoms with Crippen molar-refractivity contribution in [2.45, 2.75) is 19.5 Å². The first kappa shape index (κ1) is 24.9. The predicted octanol–water partition coefficient (Wildman–Crippen LogP) is 5.46. The van der Waals surface area contributed by atoms with Crippen LogP contribution < -0.4 is 14.4 Å². The first-order chi connectivity index (χ1) is 15.6. The SMILES string of the molecule is COc1ccccc1C(C)NC(=O)c1ccc(CN(c2cc(Cl)cc(Cl)c2)S(C)(=O)=O)cc1. The number of halogens is 2. The highest BCUT2D eigenvalue weighted by molar-refractivity contribution is 7.92. The standard InChI is InChI=1S/C24H24Cl2N2O4S/c1-16(22-6-4-5-7-23(22)32-2)27-24(29)18-10-8-17(9-11-18)15-28(33(3,30)31)21-13-19(25)12-20(26)14-21/h4-14,16H,15H2,1-3H3,(H,27,29). The molecule has 0 fully saturated rings. The highest BCUT2D eigenvalue weighted by atomic mass is 35.5. The van der Waals surface area contributed by atoms with Crippen LogP contribution in [0.1, 0.15) is 34.5 Å². The number of benzene rings is 3. The second-order valence-corrected chi connectivity index (χ2v) is 10.3. The molecule has 0 aromatic heterocycles. The zero-order valence-corrected chi connectivity index (χ0v) is 20.7. The van der Waals surface area contributed by atoms with E-state index in [1.165, 1.54) is 22.5 Å². The van der Waals surface area contributed by atoms with E-state index >= 15 is 0 Å². The Morgan fingerprint density at radius 3 is 2.21 bits per heavy atom. The molecule has 0 aliphatic rings. The number of nitrogens with zero attached hydrogens (tertiary/aromatic N) is 1. The van der Waals surface area contributed by atoms with E-state index in [2.05, 4.69) is 5.32 Å². The molecule has 9 heteroatoms. The van der Waals surface area contributed by atoms with Crippen LogP contribution in [0.25, 0.3) is 0 Å². The molecule has 174 valence electrons. The van der Waals surface area contributed by atoms with Gasteiger partial charge in [0.1, 0.15) is 5.75 Å². The molecule has 1 atom stereocenters. The third kappa shape index (κ3) is 6.41. The van der Waals surface area contributed by atoms with Crippen molar-refractivity contribution < 1.29 is 17.9 Å². The number of amides is 1. The molecule has 1 unspecified atom stereocenters. The van der Waals surface area contributed by atoms with Gasteiger partial charge in [-0.25, -0.2) is 8.42 Å². The van der Waals surface area contributed by atoms with Crippen molar-refractivity contribution in [2.24, 2.45) is 0 Å². The van der Waals surface area contributed by atoms with Crippen LogP contribution in [0.4, 0.5) is 5.69 Å². The van der Waals surface area contributed by atoms with Crippen molar-refractivity contribution in [2.75, 3.05) is 17.7 Å². The average Bonchev–Trinajstić information content (AvgIpc) is 2.76. The maximum Gasteiger partial charge on any atom is 0.251 e. The van der Waals surface area contributed by atoms with Gasteiger partial charge in [-0.1, -0.05) is 53.5 Å². The average molecular weight is 507 g/mol. The molecule has 0 heterocycles. The van der Waals surface area contributed by atoms with Crippen molar-refractivity contribution >= 4 is 44.8 Å². The summed E-state index contributed by atoms with van der Waals surface area (Å²) in [6.07, 6.45) is 1.11. The molecular formula is C24H24Cl2N2O4S. The van der Waals surface area contributed by atoms with Crippen LogP contribution in [0.2, 0.25) is 10.0 Å². The van der Waals surface area contributed by atoms with E-state index in [0.29, 0.717) is 32.6 Å². The zero-order chi connectivity index (χ0) is 24.2. The lowest BCUT2D eigenvalue weighted by Crippen LogP contribution is -2.29. The quantitative estimate of drug-likeness (QED) is 0.440.